The number of nitrogens with zero attached hydrogens (tertiary/aromatic N) is 1. The summed E-state index contributed by atoms with van der Waals surface area (Å²) in [5.74, 6) is -4.18. The summed E-state index contributed by atoms with van der Waals surface area (Å²) in [6, 6.07) is 13.5. The van der Waals surface area contributed by atoms with Gasteiger partial charge in [-0.15, -0.1) is 0 Å². The summed E-state index contributed by atoms with van der Waals surface area (Å²) in [4.78, 5) is 16.5. The van der Waals surface area contributed by atoms with Gasteiger partial charge in [-0.3, -0.25) is 9.78 Å². The van der Waals surface area contributed by atoms with E-state index in [9.17, 15) is 33.3 Å². The normalized spacial score (nSPS) is 29.9. The van der Waals surface area contributed by atoms with Crippen LogP contribution in [0.5, 0.6) is 5.75 Å². The molecule has 0 bridgehead atoms. The molecule has 0 radical (unpaired) electrons. The van der Waals surface area contributed by atoms with Crippen LogP contribution < -0.4 is 4.74 Å². The van der Waals surface area contributed by atoms with E-state index in [1.807, 2.05) is 0 Å². The number of carboxylic acids is 1. The smallest absolute Gasteiger partial charge is 0.416 e. The third-order valence-electron chi connectivity index (χ3n) is 6.67. The third kappa shape index (κ3) is 2.90. The summed E-state index contributed by atoms with van der Waals surface area (Å²) in [7, 11) is 0. The van der Waals surface area contributed by atoms with Gasteiger partial charge in [0.1, 0.15) is 17.5 Å². The van der Waals surface area contributed by atoms with Gasteiger partial charge in [0.05, 0.1) is 16.5 Å². The number of ether oxygens (including phenoxy) is 1. The zero-order chi connectivity index (χ0) is 24.5. The quantitative estimate of drug-likeness (QED) is 0.510. The number of hydrogen-bond donors (Lipinski definition) is 3. The highest BCUT2D eigenvalue weighted by Crippen LogP contribution is 2.68. The lowest BCUT2D eigenvalue weighted by atomic mass is 9.71. The minimum Gasteiger partial charge on any atom is -0.481 e. The SMILES string of the molecule is O=C(O)[C@H]1[C@@H](O)[C@@]2(O)c3ncc(Cl)cc3O[C@@]2(c2ccc(C(F)(F)F)cc2)[C@@H]1c1ccccc1. The van der Waals surface area contributed by atoms with Gasteiger partial charge >= 0.3 is 12.1 Å². The van der Waals surface area contributed by atoms with Gasteiger partial charge in [0.25, 0.3) is 0 Å². The fraction of sp³-hybridized carbons (Fsp3) is 0.250. The van der Waals surface area contributed by atoms with Gasteiger partial charge in [-0.25, -0.2) is 0 Å². The standard InChI is InChI=1S/C24H17ClF3NO5/c25-15-10-16-19(29-11-15)22(33)20(30)17(21(31)32)18(12-4-2-1-3-5-12)23(22,34-16)13-6-8-14(9-7-13)24(26,27)28/h1-11,17-18,20,30,33H,(H,31,32)/t17-,18-,20-,22+,23+/m1/s1. The van der Waals surface area contributed by atoms with Crippen molar-refractivity contribution < 1.29 is 38.0 Å². The maximum atomic E-state index is 13.2. The molecule has 1 saturated carbocycles. The van der Waals surface area contributed by atoms with Gasteiger partial charge in [-0.1, -0.05) is 54.1 Å². The van der Waals surface area contributed by atoms with Crippen molar-refractivity contribution in [2.45, 2.75) is 29.4 Å². The van der Waals surface area contributed by atoms with E-state index in [1.54, 1.807) is 30.3 Å². The summed E-state index contributed by atoms with van der Waals surface area (Å²) in [6.45, 7) is 0. The van der Waals surface area contributed by atoms with Crippen LogP contribution in [0.1, 0.15) is 28.3 Å². The fourth-order valence-electron chi connectivity index (χ4n) is 5.31. The van der Waals surface area contributed by atoms with Crippen LogP contribution in [-0.4, -0.2) is 32.4 Å². The van der Waals surface area contributed by atoms with Crippen molar-refractivity contribution >= 4 is 17.6 Å². The van der Waals surface area contributed by atoms with Crippen molar-refractivity contribution in [1.82, 2.24) is 4.98 Å². The van der Waals surface area contributed by atoms with Crippen molar-refractivity contribution in [3.8, 4) is 5.75 Å². The number of aliphatic hydroxyl groups is 2. The number of carboxylic acid groups (broad SMARTS) is 1. The molecule has 6 nitrogen and oxygen atoms in total. The molecule has 1 aromatic heterocycles. The summed E-state index contributed by atoms with van der Waals surface area (Å²) in [5, 5.41) is 33.6. The lowest BCUT2D eigenvalue weighted by Crippen LogP contribution is -2.52. The monoisotopic (exact) mass is 491 g/mol. The summed E-state index contributed by atoms with van der Waals surface area (Å²) in [5.41, 5.74) is -5.04. The Labute approximate surface area is 196 Å². The second-order valence-corrected chi connectivity index (χ2v) is 8.81. The molecule has 5 atom stereocenters. The molecule has 34 heavy (non-hydrogen) atoms. The molecule has 3 N–H and O–H groups in total. The van der Waals surface area contributed by atoms with Crippen molar-refractivity contribution in [2.24, 2.45) is 5.92 Å². The highest BCUT2D eigenvalue weighted by molar-refractivity contribution is 6.30. The molecule has 0 unspecified atom stereocenters. The minimum absolute atomic E-state index is 0.00119. The molecular weight excluding hydrogens is 475 g/mol. The molecule has 2 heterocycles. The molecule has 10 heteroatoms. The first-order valence-corrected chi connectivity index (χ1v) is 10.6. The highest BCUT2D eigenvalue weighted by atomic mass is 35.5. The number of rotatable bonds is 3. The Morgan fingerprint density at radius 1 is 1.09 bits per heavy atom. The number of aromatic nitrogens is 1. The van der Waals surface area contributed by atoms with E-state index in [0.717, 1.165) is 24.3 Å². The Bertz CT molecular complexity index is 1270. The Kier molecular flexibility index (Phi) is 4.95. The Morgan fingerprint density at radius 3 is 2.32 bits per heavy atom. The van der Waals surface area contributed by atoms with Crippen LogP contribution in [0.25, 0.3) is 0 Å². The zero-order valence-electron chi connectivity index (χ0n) is 17.2. The summed E-state index contributed by atoms with van der Waals surface area (Å²) in [6.07, 6.45) is -5.31. The molecule has 0 spiro atoms. The molecule has 2 aromatic carbocycles. The fourth-order valence-corrected chi connectivity index (χ4v) is 5.46. The molecular formula is C24H17ClF3NO5. The van der Waals surface area contributed by atoms with E-state index in [4.69, 9.17) is 16.3 Å². The second kappa shape index (κ2) is 7.43. The predicted octanol–water partition coefficient (Wildman–Crippen LogP) is 4.09. The summed E-state index contributed by atoms with van der Waals surface area (Å²) < 4.78 is 46.0. The predicted molar refractivity (Wildman–Crippen MR) is 113 cm³/mol. The Morgan fingerprint density at radius 2 is 1.74 bits per heavy atom. The van der Waals surface area contributed by atoms with Gasteiger partial charge < -0.3 is 20.1 Å². The van der Waals surface area contributed by atoms with E-state index in [1.165, 1.54) is 12.3 Å². The number of pyridine rings is 1. The van der Waals surface area contributed by atoms with Crippen LogP contribution in [0.15, 0.2) is 66.9 Å². The van der Waals surface area contributed by atoms with Gasteiger partial charge in [-0.2, -0.15) is 13.2 Å². The topological polar surface area (TPSA) is 99.9 Å². The van der Waals surface area contributed by atoms with Gasteiger partial charge in [0.15, 0.2) is 11.2 Å². The Balaban J connectivity index is 1.83. The highest BCUT2D eigenvalue weighted by Gasteiger charge is 2.78. The number of aliphatic hydroxyl groups excluding tert-OH is 1. The minimum atomic E-state index is -4.61. The lowest BCUT2D eigenvalue weighted by Gasteiger charge is -2.40. The van der Waals surface area contributed by atoms with Crippen molar-refractivity contribution in [2.75, 3.05) is 0 Å². The van der Waals surface area contributed by atoms with Crippen molar-refractivity contribution in [1.29, 1.82) is 0 Å². The molecule has 176 valence electrons. The number of benzene rings is 2. The molecule has 0 saturated heterocycles. The molecule has 0 amide bonds. The first-order chi connectivity index (χ1) is 16.0. The van der Waals surface area contributed by atoms with Crippen molar-refractivity contribution in [3.63, 3.8) is 0 Å². The number of alkyl halides is 3. The molecule has 1 aliphatic carbocycles. The molecule has 5 rings (SSSR count). The van der Waals surface area contributed by atoms with E-state index in [0.29, 0.717) is 5.56 Å². The van der Waals surface area contributed by atoms with Crippen LogP contribution in [0, 0.1) is 5.92 Å². The van der Waals surface area contributed by atoms with Crippen molar-refractivity contribution in [3.05, 3.63) is 94.3 Å². The van der Waals surface area contributed by atoms with Crippen LogP contribution in [0.2, 0.25) is 5.02 Å². The van der Waals surface area contributed by atoms with E-state index in [-0.39, 0.29) is 22.0 Å². The van der Waals surface area contributed by atoms with Crippen LogP contribution in [-0.2, 0) is 22.2 Å². The third-order valence-corrected chi connectivity index (χ3v) is 6.87. The maximum absolute atomic E-state index is 13.2. The van der Waals surface area contributed by atoms with Gasteiger partial charge in [-0.05, 0) is 23.3 Å². The largest absolute Gasteiger partial charge is 0.481 e. The molecule has 3 aromatic rings. The molecule has 2 aliphatic rings. The van der Waals surface area contributed by atoms with Crippen LogP contribution in [0.4, 0.5) is 13.2 Å². The van der Waals surface area contributed by atoms with Crippen LogP contribution >= 0.6 is 11.6 Å². The number of halogens is 4. The average Bonchev–Trinajstić information content (AvgIpc) is 3.16. The lowest BCUT2D eigenvalue weighted by molar-refractivity contribution is -0.160. The van der Waals surface area contributed by atoms with Crippen LogP contribution in [0.3, 0.4) is 0 Å². The second-order valence-electron chi connectivity index (χ2n) is 8.38. The molecule has 1 aliphatic heterocycles. The zero-order valence-corrected chi connectivity index (χ0v) is 18.0. The number of hydrogen-bond acceptors (Lipinski definition) is 5. The first-order valence-electron chi connectivity index (χ1n) is 10.2. The average molecular weight is 492 g/mol. The van der Waals surface area contributed by atoms with Gasteiger partial charge in [0, 0.05) is 18.2 Å². The Hall–Kier alpha value is -3.14. The van der Waals surface area contributed by atoms with E-state index < -0.39 is 46.9 Å². The summed E-state index contributed by atoms with van der Waals surface area (Å²) >= 11 is 6.05. The first kappa shape index (κ1) is 22.6. The number of carbonyl (C=O) groups is 1. The van der Waals surface area contributed by atoms with Gasteiger partial charge in [0.2, 0.25) is 0 Å². The maximum Gasteiger partial charge on any atom is 0.416 e. The number of fused-ring (bicyclic) bond motifs is 3. The number of aliphatic carboxylic acids is 1. The molecule has 1 fully saturated rings. The van der Waals surface area contributed by atoms with E-state index in [2.05, 4.69) is 4.98 Å². The van der Waals surface area contributed by atoms with E-state index >= 15 is 0 Å².